The van der Waals surface area contributed by atoms with Gasteiger partial charge in [0.2, 0.25) is 0 Å². The van der Waals surface area contributed by atoms with Gasteiger partial charge in [-0.15, -0.1) is 0 Å². The maximum atomic E-state index is 11.6. The Kier molecular flexibility index (Phi) is 3.70. The van der Waals surface area contributed by atoms with Crippen LogP contribution in [-0.2, 0) is 9.53 Å². The van der Waals surface area contributed by atoms with Crippen LogP contribution < -0.4 is 5.73 Å². The number of esters is 1. The van der Waals surface area contributed by atoms with Crippen LogP contribution in [0.4, 0.5) is 0 Å². The van der Waals surface area contributed by atoms with Gasteiger partial charge in [0.25, 0.3) is 0 Å². The van der Waals surface area contributed by atoms with E-state index in [4.69, 9.17) is 10.5 Å². The SMILES string of the molecule is COC(=O)C(C)(C)C(N)c1ccc(C)cc1. The third-order valence-electron chi connectivity index (χ3n) is 2.93. The van der Waals surface area contributed by atoms with Crippen LogP contribution in [0.25, 0.3) is 0 Å². The fraction of sp³-hybridized carbons (Fsp3) is 0.462. The molecule has 0 aromatic heterocycles. The van der Waals surface area contributed by atoms with E-state index in [2.05, 4.69) is 0 Å². The van der Waals surface area contributed by atoms with Crippen molar-refractivity contribution in [3.05, 3.63) is 35.4 Å². The second kappa shape index (κ2) is 4.66. The summed E-state index contributed by atoms with van der Waals surface area (Å²) < 4.78 is 4.76. The van der Waals surface area contributed by atoms with Crippen LogP contribution in [0.5, 0.6) is 0 Å². The molecule has 0 saturated carbocycles. The lowest BCUT2D eigenvalue weighted by atomic mass is 9.81. The minimum absolute atomic E-state index is 0.291. The Morgan fingerprint density at radius 3 is 2.25 bits per heavy atom. The lowest BCUT2D eigenvalue weighted by molar-refractivity contribution is -0.152. The Balaban J connectivity index is 2.97. The summed E-state index contributed by atoms with van der Waals surface area (Å²) in [5, 5.41) is 0. The first-order valence-corrected chi connectivity index (χ1v) is 5.30. The monoisotopic (exact) mass is 221 g/mol. The second-order valence-electron chi connectivity index (χ2n) is 4.60. The smallest absolute Gasteiger partial charge is 0.313 e. The van der Waals surface area contributed by atoms with Gasteiger partial charge in [-0.05, 0) is 26.3 Å². The van der Waals surface area contributed by atoms with Gasteiger partial charge >= 0.3 is 5.97 Å². The van der Waals surface area contributed by atoms with E-state index in [1.54, 1.807) is 13.8 Å². The average molecular weight is 221 g/mol. The van der Waals surface area contributed by atoms with Crippen molar-refractivity contribution in [1.29, 1.82) is 0 Å². The van der Waals surface area contributed by atoms with Gasteiger partial charge in [-0.1, -0.05) is 29.8 Å². The van der Waals surface area contributed by atoms with Crippen LogP contribution >= 0.6 is 0 Å². The number of nitrogens with two attached hydrogens (primary N) is 1. The fourth-order valence-electron chi connectivity index (χ4n) is 1.58. The molecule has 0 radical (unpaired) electrons. The van der Waals surface area contributed by atoms with Crippen molar-refractivity contribution in [2.45, 2.75) is 26.8 Å². The fourth-order valence-corrected chi connectivity index (χ4v) is 1.58. The molecule has 1 atom stereocenters. The van der Waals surface area contributed by atoms with Crippen LogP contribution in [0.2, 0.25) is 0 Å². The molecule has 0 aliphatic rings. The number of methoxy groups -OCH3 is 1. The van der Waals surface area contributed by atoms with E-state index in [1.807, 2.05) is 31.2 Å². The Labute approximate surface area is 96.6 Å². The summed E-state index contributed by atoms with van der Waals surface area (Å²) in [5.74, 6) is -0.291. The summed E-state index contributed by atoms with van der Waals surface area (Å²) in [6.45, 7) is 5.60. The molecule has 0 aliphatic heterocycles. The average Bonchev–Trinajstić information content (AvgIpc) is 2.28. The highest BCUT2D eigenvalue weighted by Crippen LogP contribution is 2.32. The molecule has 0 saturated heterocycles. The molecule has 1 aromatic rings. The largest absolute Gasteiger partial charge is 0.469 e. The molecule has 1 unspecified atom stereocenters. The topological polar surface area (TPSA) is 52.3 Å². The van der Waals surface area contributed by atoms with Crippen LogP contribution in [0.1, 0.15) is 31.0 Å². The Morgan fingerprint density at radius 2 is 1.81 bits per heavy atom. The molecule has 0 spiro atoms. The third kappa shape index (κ3) is 2.42. The zero-order valence-corrected chi connectivity index (χ0v) is 10.3. The number of hydrogen-bond donors (Lipinski definition) is 1. The first-order valence-electron chi connectivity index (χ1n) is 5.30. The number of hydrogen-bond acceptors (Lipinski definition) is 3. The van der Waals surface area contributed by atoms with Gasteiger partial charge in [-0.2, -0.15) is 0 Å². The van der Waals surface area contributed by atoms with E-state index in [0.717, 1.165) is 5.56 Å². The molecule has 3 nitrogen and oxygen atoms in total. The maximum Gasteiger partial charge on any atom is 0.313 e. The molecular formula is C13H19NO2. The molecule has 0 aliphatic carbocycles. The number of rotatable bonds is 3. The first-order chi connectivity index (χ1) is 7.39. The maximum absolute atomic E-state index is 11.6. The Morgan fingerprint density at radius 1 is 1.31 bits per heavy atom. The summed E-state index contributed by atoms with van der Waals surface area (Å²) in [5.41, 5.74) is 7.50. The summed E-state index contributed by atoms with van der Waals surface area (Å²) in [7, 11) is 1.38. The zero-order valence-electron chi connectivity index (χ0n) is 10.3. The summed E-state index contributed by atoms with van der Waals surface area (Å²) in [6.07, 6.45) is 0. The normalized spacial score (nSPS) is 13.3. The molecule has 2 N–H and O–H groups in total. The predicted molar refractivity (Wildman–Crippen MR) is 63.9 cm³/mol. The standard InChI is InChI=1S/C13H19NO2/c1-9-5-7-10(8-6-9)11(14)13(2,3)12(15)16-4/h5-8,11H,14H2,1-4H3. The van der Waals surface area contributed by atoms with E-state index in [0.29, 0.717) is 0 Å². The molecule has 0 heterocycles. The molecule has 0 amide bonds. The number of carbonyl (C=O) groups is 1. The van der Waals surface area contributed by atoms with Gasteiger partial charge in [0.1, 0.15) is 0 Å². The minimum Gasteiger partial charge on any atom is -0.469 e. The highest BCUT2D eigenvalue weighted by atomic mass is 16.5. The highest BCUT2D eigenvalue weighted by Gasteiger charge is 2.36. The van der Waals surface area contributed by atoms with E-state index in [1.165, 1.54) is 12.7 Å². The minimum atomic E-state index is -0.718. The van der Waals surface area contributed by atoms with Crippen molar-refractivity contribution in [2.24, 2.45) is 11.1 Å². The van der Waals surface area contributed by atoms with Gasteiger partial charge in [-0.25, -0.2) is 0 Å². The first kappa shape index (κ1) is 12.7. The molecule has 3 heteroatoms. The Hall–Kier alpha value is -1.35. The summed E-state index contributed by atoms with van der Waals surface area (Å²) >= 11 is 0. The quantitative estimate of drug-likeness (QED) is 0.796. The van der Waals surface area contributed by atoms with Gasteiger partial charge in [0.05, 0.1) is 12.5 Å². The van der Waals surface area contributed by atoms with E-state index >= 15 is 0 Å². The summed E-state index contributed by atoms with van der Waals surface area (Å²) in [4.78, 5) is 11.6. The van der Waals surface area contributed by atoms with Gasteiger partial charge in [0.15, 0.2) is 0 Å². The van der Waals surface area contributed by atoms with Crippen LogP contribution in [0.15, 0.2) is 24.3 Å². The molecular weight excluding hydrogens is 202 g/mol. The molecule has 0 bridgehead atoms. The van der Waals surface area contributed by atoms with Gasteiger partial charge < -0.3 is 10.5 Å². The number of carbonyl (C=O) groups excluding carboxylic acids is 1. The lowest BCUT2D eigenvalue weighted by Crippen LogP contribution is -2.37. The molecule has 0 fully saturated rings. The van der Waals surface area contributed by atoms with Crippen molar-refractivity contribution in [3.8, 4) is 0 Å². The third-order valence-corrected chi connectivity index (χ3v) is 2.93. The zero-order chi connectivity index (χ0) is 12.3. The highest BCUT2D eigenvalue weighted by molar-refractivity contribution is 5.77. The predicted octanol–water partition coefficient (Wildman–Crippen LogP) is 2.19. The van der Waals surface area contributed by atoms with E-state index in [9.17, 15) is 4.79 Å². The molecule has 1 rings (SSSR count). The molecule has 1 aromatic carbocycles. The van der Waals surface area contributed by atoms with Crippen molar-refractivity contribution in [3.63, 3.8) is 0 Å². The second-order valence-corrected chi connectivity index (χ2v) is 4.60. The summed E-state index contributed by atoms with van der Waals surface area (Å²) in [6, 6.07) is 7.51. The molecule has 88 valence electrons. The Bertz CT molecular complexity index is 368. The lowest BCUT2D eigenvalue weighted by Gasteiger charge is -2.28. The van der Waals surface area contributed by atoms with Crippen molar-refractivity contribution < 1.29 is 9.53 Å². The van der Waals surface area contributed by atoms with Crippen LogP contribution in [-0.4, -0.2) is 13.1 Å². The number of benzene rings is 1. The molecule has 16 heavy (non-hydrogen) atoms. The number of ether oxygens (including phenoxy) is 1. The van der Waals surface area contributed by atoms with Crippen molar-refractivity contribution in [1.82, 2.24) is 0 Å². The van der Waals surface area contributed by atoms with Crippen LogP contribution in [0.3, 0.4) is 0 Å². The number of aryl methyl sites for hydroxylation is 1. The van der Waals surface area contributed by atoms with Crippen molar-refractivity contribution in [2.75, 3.05) is 7.11 Å². The van der Waals surface area contributed by atoms with Crippen LogP contribution in [0, 0.1) is 12.3 Å². The van der Waals surface area contributed by atoms with Gasteiger partial charge in [-0.3, -0.25) is 4.79 Å². The van der Waals surface area contributed by atoms with E-state index < -0.39 is 5.41 Å². The van der Waals surface area contributed by atoms with E-state index in [-0.39, 0.29) is 12.0 Å². The van der Waals surface area contributed by atoms with Crippen molar-refractivity contribution >= 4 is 5.97 Å². The van der Waals surface area contributed by atoms with Gasteiger partial charge in [0, 0.05) is 6.04 Å².